The van der Waals surface area contributed by atoms with Crippen LogP contribution < -0.4 is 5.56 Å². The Morgan fingerprint density at radius 3 is 2.83 bits per heavy atom. The summed E-state index contributed by atoms with van der Waals surface area (Å²) < 4.78 is 13.3. The van der Waals surface area contributed by atoms with Gasteiger partial charge in [0, 0.05) is 10.7 Å². The van der Waals surface area contributed by atoms with Gasteiger partial charge in [-0.3, -0.25) is 14.6 Å². The molecule has 0 aliphatic carbocycles. The average Bonchev–Trinajstić information content (AvgIpc) is 3.05. The lowest BCUT2D eigenvalue weighted by Gasteiger charge is -2.19. The van der Waals surface area contributed by atoms with Gasteiger partial charge in [0.05, 0.1) is 23.0 Å². The molecule has 0 aliphatic heterocycles. The Hall–Kier alpha value is -3.07. The van der Waals surface area contributed by atoms with E-state index in [2.05, 4.69) is 31.0 Å². The molecule has 4 aromatic rings. The zero-order valence-corrected chi connectivity index (χ0v) is 18.3. The predicted molar refractivity (Wildman–Crippen MR) is 114 cm³/mol. The number of hydrogen-bond acceptors (Lipinski definition) is 7. The minimum absolute atomic E-state index is 0.0251. The largest absolute Gasteiger partial charge is 0.460 e. The topological polar surface area (TPSA) is 100 Å². The van der Waals surface area contributed by atoms with Crippen LogP contribution in [0.5, 0.6) is 0 Å². The average molecular weight is 471 g/mol. The zero-order chi connectivity index (χ0) is 21.5. The summed E-state index contributed by atoms with van der Waals surface area (Å²) in [5.74, 6) is -0.108. The molecule has 8 nitrogen and oxygen atoms in total. The van der Waals surface area contributed by atoms with Crippen LogP contribution in [0.15, 0.2) is 50.2 Å². The number of pyridine rings is 1. The molecule has 3 heterocycles. The van der Waals surface area contributed by atoms with Crippen LogP contribution in [0.4, 0.5) is 0 Å². The molecule has 4 rings (SSSR count). The van der Waals surface area contributed by atoms with Crippen molar-refractivity contribution in [3.63, 3.8) is 0 Å². The van der Waals surface area contributed by atoms with E-state index in [0.29, 0.717) is 33.6 Å². The van der Waals surface area contributed by atoms with Crippen LogP contribution >= 0.6 is 15.9 Å². The van der Waals surface area contributed by atoms with E-state index in [4.69, 9.17) is 9.15 Å². The van der Waals surface area contributed by atoms with E-state index in [1.165, 1.54) is 4.68 Å². The lowest BCUT2D eigenvalue weighted by Crippen LogP contribution is -2.28. The lowest BCUT2D eigenvalue weighted by molar-refractivity contribution is -0.153. The van der Waals surface area contributed by atoms with Crippen LogP contribution in [-0.2, 0) is 22.5 Å². The van der Waals surface area contributed by atoms with Gasteiger partial charge in [-0.05, 0) is 51.1 Å². The van der Waals surface area contributed by atoms with E-state index in [-0.39, 0.29) is 18.5 Å². The van der Waals surface area contributed by atoms with E-state index in [1.807, 2.05) is 12.1 Å². The molecule has 0 saturated carbocycles. The van der Waals surface area contributed by atoms with Crippen molar-refractivity contribution in [3.05, 3.63) is 62.9 Å². The number of fused-ring (bicyclic) bond motifs is 2. The Morgan fingerprint density at radius 2 is 2.07 bits per heavy atom. The number of rotatable bonds is 4. The maximum absolute atomic E-state index is 12.9. The third kappa shape index (κ3) is 4.25. The molecule has 0 unspecified atom stereocenters. The highest BCUT2D eigenvalue weighted by molar-refractivity contribution is 9.10. The second-order valence-corrected chi connectivity index (χ2v) is 8.71. The summed E-state index contributed by atoms with van der Waals surface area (Å²) in [6, 6.07) is 8.80. The Kier molecular flexibility index (Phi) is 5.15. The first kappa shape index (κ1) is 20.2. The predicted octanol–water partition coefficient (Wildman–Crippen LogP) is 3.63. The van der Waals surface area contributed by atoms with Gasteiger partial charge >= 0.3 is 5.97 Å². The molecular weight excluding hydrogens is 452 g/mol. The molecule has 0 aliphatic rings. The van der Waals surface area contributed by atoms with Crippen LogP contribution in [0.2, 0.25) is 0 Å². The van der Waals surface area contributed by atoms with Crippen molar-refractivity contribution in [1.29, 1.82) is 0 Å². The first-order valence-electron chi connectivity index (χ1n) is 9.31. The molecule has 0 N–H and O–H groups in total. The minimum atomic E-state index is -0.624. The normalized spacial score (nSPS) is 11.9. The monoisotopic (exact) mass is 470 g/mol. The molecule has 0 atom stereocenters. The standard InChI is InChI=1S/C21H19BrN4O4/c1-21(2,3)30-18(27)10-15-19-13(5-4-8-23-19)20(28)26(25-15)11-17-24-14-9-12(22)6-7-16(14)29-17/h4-9H,10-11H2,1-3H3. The van der Waals surface area contributed by atoms with Crippen LogP contribution in [0.1, 0.15) is 32.4 Å². The van der Waals surface area contributed by atoms with Gasteiger partial charge in [0.15, 0.2) is 5.58 Å². The maximum atomic E-state index is 12.9. The Balaban J connectivity index is 1.74. The third-order valence-corrected chi connectivity index (χ3v) is 4.69. The quantitative estimate of drug-likeness (QED) is 0.419. The highest BCUT2D eigenvalue weighted by Crippen LogP contribution is 2.21. The molecule has 1 aromatic carbocycles. The Labute approximate surface area is 180 Å². The van der Waals surface area contributed by atoms with Gasteiger partial charge in [0.1, 0.15) is 17.7 Å². The fourth-order valence-electron chi connectivity index (χ4n) is 3.07. The molecule has 154 valence electrons. The molecular formula is C21H19BrN4O4. The van der Waals surface area contributed by atoms with E-state index < -0.39 is 11.6 Å². The SMILES string of the molecule is CC(C)(C)OC(=O)Cc1nn(Cc2nc3cc(Br)ccc3o2)c(=O)c2cccnc12. The molecule has 0 fully saturated rings. The van der Waals surface area contributed by atoms with Crippen LogP contribution in [-0.4, -0.2) is 31.3 Å². The van der Waals surface area contributed by atoms with Gasteiger partial charge in [-0.15, -0.1) is 0 Å². The zero-order valence-electron chi connectivity index (χ0n) is 16.7. The van der Waals surface area contributed by atoms with E-state index in [0.717, 1.165) is 4.47 Å². The van der Waals surface area contributed by atoms with Gasteiger partial charge in [-0.1, -0.05) is 15.9 Å². The first-order chi connectivity index (χ1) is 14.2. The number of carbonyl (C=O) groups is 1. The number of ether oxygens (including phenoxy) is 1. The molecule has 0 radical (unpaired) electrons. The molecule has 0 bridgehead atoms. The molecule has 0 amide bonds. The van der Waals surface area contributed by atoms with Crippen LogP contribution in [0.25, 0.3) is 22.0 Å². The number of halogens is 1. The Morgan fingerprint density at radius 1 is 1.27 bits per heavy atom. The minimum Gasteiger partial charge on any atom is -0.460 e. The highest BCUT2D eigenvalue weighted by Gasteiger charge is 2.21. The van der Waals surface area contributed by atoms with Crippen molar-refractivity contribution < 1.29 is 13.9 Å². The number of hydrogen-bond donors (Lipinski definition) is 0. The molecule has 0 saturated heterocycles. The number of esters is 1. The van der Waals surface area contributed by atoms with Crippen molar-refractivity contribution in [2.45, 2.75) is 39.3 Å². The maximum Gasteiger partial charge on any atom is 0.312 e. The Bertz CT molecular complexity index is 1320. The van der Waals surface area contributed by atoms with Crippen LogP contribution in [0.3, 0.4) is 0 Å². The summed E-state index contributed by atoms with van der Waals surface area (Å²) in [7, 11) is 0. The van der Waals surface area contributed by atoms with Gasteiger partial charge in [-0.2, -0.15) is 5.10 Å². The molecule has 9 heteroatoms. The van der Waals surface area contributed by atoms with Crippen molar-refractivity contribution >= 4 is 43.9 Å². The van der Waals surface area contributed by atoms with Crippen molar-refractivity contribution in [2.24, 2.45) is 0 Å². The number of aromatic nitrogens is 4. The second-order valence-electron chi connectivity index (χ2n) is 7.79. The summed E-state index contributed by atoms with van der Waals surface area (Å²) in [6.45, 7) is 5.40. The van der Waals surface area contributed by atoms with Gasteiger partial charge in [0.2, 0.25) is 5.89 Å². The molecule has 0 spiro atoms. The number of carbonyl (C=O) groups excluding carboxylic acids is 1. The van der Waals surface area contributed by atoms with E-state index in [9.17, 15) is 9.59 Å². The first-order valence-corrected chi connectivity index (χ1v) is 10.1. The fourth-order valence-corrected chi connectivity index (χ4v) is 3.42. The van der Waals surface area contributed by atoms with Crippen LogP contribution in [0, 0.1) is 0 Å². The number of benzene rings is 1. The van der Waals surface area contributed by atoms with Crippen molar-refractivity contribution in [2.75, 3.05) is 0 Å². The van der Waals surface area contributed by atoms with E-state index in [1.54, 1.807) is 45.2 Å². The number of oxazole rings is 1. The molecule has 30 heavy (non-hydrogen) atoms. The van der Waals surface area contributed by atoms with Gasteiger partial charge in [-0.25, -0.2) is 9.67 Å². The summed E-state index contributed by atoms with van der Waals surface area (Å²) >= 11 is 3.40. The van der Waals surface area contributed by atoms with Gasteiger partial charge < -0.3 is 9.15 Å². The lowest BCUT2D eigenvalue weighted by atomic mass is 10.1. The molecule has 3 aromatic heterocycles. The third-order valence-electron chi connectivity index (χ3n) is 4.20. The number of nitrogens with zero attached hydrogens (tertiary/aromatic N) is 4. The van der Waals surface area contributed by atoms with Crippen molar-refractivity contribution in [3.8, 4) is 0 Å². The summed E-state index contributed by atoms with van der Waals surface area (Å²) in [5, 5.41) is 4.75. The highest BCUT2D eigenvalue weighted by atomic mass is 79.9. The summed E-state index contributed by atoms with van der Waals surface area (Å²) in [4.78, 5) is 34.0. The smallest absolute Gasteiger partial charge is 0.312 e. The fraction of sp³-hybridized carbons (Fsp3) is 0.286. The summed E-state index contributed by atoms with van der Waals surface area (Å²) in [6.07, 6.45) is 1.45. The summed E-state index contributed by atoms with van der Waals surface area (Å²) in [5.41, 5.74) is 1.06. The van der Waals surface area contributed by atoms with Crippen molar-refractivity contribution in [1.82, 2.24) is 19.7 Å². The van der Waals surface area contributed by atoms with E-state index >= 15 is 0 Å². The second kappa shape index (κ2) is 7.64. The van der Waals surface area contributed by atoms with Gasteiger partial charge in [0.25, 0.3) is 5.56 Å².